The Kier molecular flexibility index (Phi) is 8.47. The van der Waals surface area contributed by atoms with Crippen LogP contribution >= 0.6 is 11.3 Å². The van der Waals surface area contributed by atoms with E-state index in [-0.39, 0.29) is 16.0 Å². The third-order valence-electron chi connectivity index (χ3n) is 4.15. The number of carbonyl (C=O) groups excluding carboxylic acids is 1. The van der Waals surface area contributed by atoms with E-state index in [4.69, 9.17) is 4.74 Å². The lowest BCUT2D eigenvalue weighted by Gasteiger charge is -2.21. The molecule has 2 N–H and O–H groups in total. The third kappa shape index (κ3) is 6.61. The molecule has 0 aliphatic rings. The Morgan fingerprint density at radius 3 is 2.46 bits per heavy atom. The van der Waals surface area contributed by atoms with Crippen LogP contribution in [0.4, 0.5) is 0 Å². The lowest BCUT2D eigenvalue weighted by atomic mass is 10.0. The molecule has 0 spiro atoms. The molecule has 28 heavy (non-hydrogen) atoms. The molecule has 1 aromatic heterocycles. The molecule has 0 unspecified atom stereocenters. The summed E-state index contributed by atoms with van der Waals surface area (Å²) in [5, 5.41) is 4.51. The van der Waals surface area contributed by atoms with Gasteiger partial charge in [0.05, 0.1) is 6.61 Å². The van der Waals surface area contributed by atoms with E-state index in [0.717, 1.165) is 35.5 Å². The molecule has 8 heteroatoms. The highest BCUT2D eigenvalue weighted by Gasteiger charge is 2.28. The molecule has 1 heterocycles. The summed E-state index contributed by atoms with van der Waals surface area (Å²) >= 11 is 1.12. The maximum absolute atomic E-state index is 12.6. The minimum atomic E-state index is -3.71. The Balaban J connectivity index is 1.93. The second-order valence-corrected chi connectivity index (χ2v) is 9.73. The molecule has 1 amide bonds. The highest BCUT2D eigenvalue weighted by atomic mass is 32.2. The zero-order chi connectivity index (χ0) is 20.6. The average molecular weight is 425 g/mol. The Bertz CT molecular complexity index is 832. The first-order valence-corrected chi connectivity index (χ1v) is 11.7. The fourth-order valence-corrected chi connectivity index (χ4v) is 4.82. The zero-order valence-electron chi connectivity index (χ0n) is 16.5. The van der Waals surface area contributed by atoms with Crippen molar-refractivity contribution in [3.8, 4) is 5.75 Å². The van der Waals surface area contributed by atoms with E-state index in [2.05, 4.69) is 17.0 Å². The summed E-state index contributed by atoms with van der Waals surface area (Å²) < 4.78 is 33.2. The molecule has 1 aromatic carbocycles. The molecule has 154 valence electrons. The quantitative estimate of drug-likeness (QED) is 0.540. The standard InChI is InChI=1S/C20H28N2O4S2/c1-4-5-12-26-17-10-8-16(9-11-17)14-21-20(23)19(15(2)3)22-28(24,25)18-7-6-13-27-18/h6-11,13,15,19,22H,4-5,12,14H2,1-3H3,(H,21,23)/t19-/m1/s1. The number of ether oxygens (including phenoxy) is 1. The lowest BCUT2D eigenvalue weighted by Crippen LogP contribution is -2.49. The summed E-state index contributed by atoms with van der Waals surface area (Å²) in [6.07, 6.45) is 2.09. The summed E-state index contributed by atoms with van der Waals surface area (Å²) in [7, 11) is -3.71. The third-order valence-corrected chi connectivity index (χ3v) is 6.99. The van der Waals surface area contributed by atoms with Crippen molar-refractivity contribution >= 4 is 27.3 Å². The smallest absolute Gasteiger partial charge is 0.250 e. The summed E-state index contributed by atoms with van der Waals surface area (Å²) in [6.45, 7) is 6.73. The van der Waals surface area contributed by atoms with Crippen molar-refractivity contribution in [3.05, 3.63) is 47.3 Å². The van der Waals surface area contributed by atoms with Gasteiger partial charge in [0, 0.05) is 6.54 Å². The monoisotopic (exact) mass is 424 g/mol. The fourth-order valence-electron chi connectivity index (χ4n) is 2.47. The minimum Gasteiger partial charge on any atom is -0.494 e. The predicted molar refractivity (Wildman–Crippen MR) is 112 cm³/mol. The van der Waals surface area contributed by atoms with E-state index in [1.54, 1.807) is 11.4 Å². The van der Waals surface area contributed by atoms with Crippen molar-refractivity contribution in [1.29, 1.82) is 0 Å². The highest BCUT2D eigenvalue weighted by Crippen LogP contribution is 2.17. The molecule has 2 aromatic rings. The van der Waals surface area contributed by atoms with E-state index >= 15 is 0 Å². The van der Waals surface area contributed by atoms with Crippen LogP contribution in [0.25, 0.3) is 0 Å². The van der Waals surface area contributed by atoms with Crippen LogP contribution in [0.2, 0.25) is 0 Å². The van der Waals surface area contributed by atoms with E-state index in [0.29, 0.717) is 13.2 Å². The zero-order valence-corrected chi connectivity index (χ0v) is 18.1. The van der Waals surface area contributed by atoms with Gasteiger partial charge in [-0.25, -0.2) is 8.42 Å². The van der Waals surface area contributed by atoms with Gasteiger partial charge in [-0.15, -0.1) is 11.3 Å². The molecule has 0 aliphatic heterocycles. The van der Waals surface area contributed by atoms with Gasteiger partial charge in [0.2, 0.25) is 5.91 Å². The van der Waals surface area contributed by atoms with Crippen LogP contribution in [0.5, 0.6) is 5.75 Å². The number of unbranched alkanes of at least 4 members (excludes halogenated alkanes) is 1. The van der Waals surface area contributed by atoms with Crippen molar-refractivity contribution in [1.82, 2.24) is 10.0 Å². The average Bonchev–Trinajstić information content (AvgIpc) is 3.21. The SMILES string of the molecule is CCCCOc1ccc(CNC(=O)[C@H](NS(=O)(=O)c2cccs2)C(C)C)cc1. The first kappa shape index (κ1) is 22.4. The second-order valence-electron chi connectivity index (χ2n) is 6.84. The van der Waals surface area contributed by atoms with Gasteiger partial charge >= 0.3 is 0 Å². The lowest BCUT2D eigenvalue weighted by molar-refractivity contribution is -0.123. The van der Waals surface area contributed by atoms with Gasteiger partial charge in [-0.1, -0.05) is 45.4 Å². The fraction of sp³-hybridized carbons (Fsp3) is 0.450. The number of rotatable bonds is 11. The van der Waals surface area contributed by atoms with Gasteiger partial charge in [-0.05, 0) is 41.5 Å². The Labute approximate surface area is 171 Å². The van der Waals surface area contributed by atoms with Crippen LogP contribution in [0, 0.1) is 5.92 Å². The summed E-state index contributed by atoms with van der Waals surface area (Å²) in [6, 6.07) is 9.87. The number of hydrogen-bond acceptors (Lipinski definition) is 5. The van der Waals surface area contributed by atoms with Crippen LogP contribution in [-0.2, 0) is 21.4 Å². The first-order chi connectivity index (χ1) is 13.3. The van der Waals surface area contributed by atoms with Crippen molar-refractivity contribution in [3.63, 3.8) is 0 Å². The molecule has 0 radical (unpaired) electrons. The number of nitrogens with one attached hydrogen (secondary N) is 2. The topological polar surface area (TPSA) is 84.5 Å². The number of amides is 1. The van der Waals surface area contributed by atoms with Gasteiger partial charge in [-0.3, -0.25) is 4.79 Å². The van der Waals surface area contributed by atoms with E-state index < -0.39 is 16.1 Å². The molecule has 1 atom stereocenters. The molecular formula is C20H28N2O4S2. The Morgan fingerprint density at radius 1 is 1.18 bits per heavy atom. The molecule has 0 saturated heterocycles. The molecule has 0 saturated carbocycles. The number of carbonyl (C=O) groups is 1. The number of hydrogen-bond donors (Lipinski definition) is 2. The number of benzene rings is 1. The van der Waals surface area contributed by atoms with E-state index in [1.807, 2.05) is 38.1 Å². The van der Waals surface area contributed by atoms with Crippen molar-refractivity contribution in [2.75, 3.05) is 6.61 Å². The Hall–Kier alpha value is -1.90. The molecule has 2 rings (SSSR count). The predicted octanol–water partition coefficient (Wildman–Crippen LogP) is 3.55. The van der Waals surface area contributed by atoms with Crippen molar-refractivity contribution in [2.45, 2.75) is 50.4 Å². The van der Waals surface area contributed by atoms with Crippen LogP contribution < -0.4 is 14.8 Å². The Morgan fingerprint density at radius 2 is 1.89 bits per heavy atom. The summed E-state index contributed by atoms with van der Waals surface area (Å²) in [5.41, 5.74) is 0.916. The second kappa shape index (κ2) is 10.6. The molecular weight excluding hydrogens is 396 g/mol. The molecule has 6 nitrogen and oxygen atoms in total. The highest BCUT2D eigenvalue weighted by molar-refractivity contribution is 7.91. The normalized spacial score (nSPS) is 12.7. The minimum absolute atomic E-state index is 0.191. The number of sulfonamides is 1. The van der Waals surface area contributed by atoms with Gasteiger partial charge in [0.1, 0.15) is 16.0 Å². The molecule has 0 bridgehead atoms. The van der Waals surface area contributed by atoms with Crippen molar-refractivity contribution in [2.24, 2.45) is 5.92 Å². The largest absolute Gasteiger partial charge is 0.494 e. The maximum Gasteiger partial charge on any atom is 0.250 e. The van der Waals surface area contributed by atoms with E-state index in [9.17, 15) is 13.2 Å². The van der Waals surface area contributed by atoms with Crippen LogP contribution in [-0.4, -0.2) is 27.0 Å². The molecule has 0 aliphatic carbocycles. The van der Waals surface area contributed by atoms with Gasteiger partial charge < -0.3 is 10.1 Å². The van der Waals surface area contributed by atoms with E-state index in [1.165, 1.54) is 6.07 Å². The van der Waals surface area contributed by atoms with Crippen LogP contribution in [0.1, 0.15) is 39.2 Å². The summed E-state index contributed by atoms with van der Waals surface area (Å²) in [5.74, 6) is 0.259. The number of thiophene rings is 1. The first-order valence-electron chi connectivity index (χ1n) is 9.38. The van der Waals surface area contributed by atoms with Gasteiger partial charge in [-0.2, -0.15) is 4.72 Å². The summed E-state index contributed by atoms with van der Waals surface area (Å²) in [4.78, 5) is 12.6. The van der Waals surface area contributed by atoms with Gasteiger partial charge in [0.15, 0.2) is 0 Å². The maximum atomic E-state index is 12.6. The van der Waals surface area contributed by atoms with Crippen LogP contribution in [0.3, 0.4) is 0 Å². The molecule has 0 fully saturated rings. The van der Waals surface area contributed by atoms with Crippen LogP contribution in [0.15, 0.2) is 46.0 Å². The van der Waals surface area contributed by atoms with Gasteiger partial charge in [0.25, 0.3) is 10.0 Å². The van der Waals surface area contributed by atoms with Crippen molar-refractivity contribution < 1.29 is 17.9 Å².